The number of amides is 2. The van der Waals surface area contributed by atoms with Crippen molar-refractivity contribution in [3.8, 4) is 0 Å². The number of sulfonamides is 1. The molecule has 2 rings (SSSR count). The molecule has 10 heteroatoms. The molecule has 0 fully saturated rings. The molecular formula is C22H34N4O3S3. The minimum atomic E-state index is -3.95. The van der Waals surface area contributed by atoms with E-state index in [1.54, 1.807) is 30.4 Å². The fraction of sp³-hybridized carbons (Fsp3) is 0.455. The number of carbonyl (C=O) groups excluding carboxylic acids is 1. The lowest BCUT2D eigenvalue weighted by Crippen LogP contribution is -2.35. The molecule has 0 bridgehead atoms. The van der Waals surface area contributed by atoms with Gasteiger partial charge in [0.1, 0.15) is 0 Å². The van der Waals surface area contributed by atoms with Crippen molar-refractivity contribution < 1.29 is 13.2 Å². The van der Waals surface area contributed by atoms with Crippen LogP contribution >= 0.6 is 23.6 Å². The highest BCUT2D eigenvalue weighted by Gasteiger charge is 2.21. The van der Waals surface area contributed by atoms with Gasteiger partial charge in [-0.3, -0.25) is 0 Å². The van der Waals surface area contributed by atoms with E-state index in [9.17, 15) is 13.2 Å². The first-order valence-corrected chi connectivity index (χ1v) is 13.4. The highest BCUT2D eigenvalue weighted by atomic mass is 32.2. The molecule has 0 radical (unpaired) electrons. The Morgan fingerprint density at radius 1 is 1.19 bits per heavy atom. The zero-order valence-corrected chi connectivity index (χ0v) is 21.6. The molecule has 0 aliphatic carbocycles. The molecule has 0 aliphatic rings. The molecule has 1 atom stereocenters. The van der Waals surface area contributed by atoms with Gasteiger partial charge in [0.2, 0.25) is 0 Å². The van der Waals surface area contributed by atoms with Gasteiger partial charge in [-0.15, -0.1) is 0 Å². The van der Waals surface area contributed by atoms with Gasteiger partial charge in [0, 0.05) is 19.5 Å². The zero-order chi connectivity index (χ0) is 24.1. The number of primary amides is 1. The topological polar surface area (TPSA) is 113 Å². The number of urea groups is 1. The molecule has 0 aliphatic heterocycles. The van der Waals surface area contributed by atoms with E-state index >= 15 is 0 Å². The van der Waals surface area contributed by atoms with Crippen molar-refractivity contribution in [2.45, 2.75) is 57.3 Å². The Balaban J connectivity index is 0.000000433. The normalized spacial score (nSPS) is 11.6. The Kier molecular flexibility index (Phi) is 12.3. The van der Waals surface area contributed by atoms with Crippen LogP contribution in [0.4, 0.5) is 4.79 Å². The number of benzene rings is 1. The standard InChI is InChI=1S/C15H18N2O3S2.C7H16N2S/c1-3-13(12-6-7-21-9-12)11-5-4-10(2)14(8-11)22(19,20)17-15(16)18;1-3-4-5-6-9-7(10)8-2/h4-9,13H,3H2,1-2H3,(H3,16,17,18);3-6H2,1-2H3,(H2,8,9,10). The highest BCUT2D eigenvalue weighted by Crippen LogP contribution is 2.31. The number of carbonyl (C=O) groups is 1. The summed E-state index contributed by atoms with van der Waals surface area (Å²) in [6.07, 6.45) is 4.59. The van der Waals surface area contributed by atoms with Crippen LogP contribution in [-0.2, 0) is 10.0 Å². The van der Waals surface area contributed by atoms with Crippen LogP contribution in [-0.4, -0.2) is 33.2 Å². The first kappa shape index (κ1) is 27.9. The molecule has 2 aromatic rings. The molecule has 32 heavy (non-hydrogen) atoms. The summed E-state index contributed by atoms with van der Waals surface area (Å²) in [5.74, 6) is 0.120. The van der Waals surface area contributed by atoms with Crippen LogP contribution in [0.15, 0.2) is 39.9 Å². The lowest BCUT2D eigenvalue weighted by molar-refractivity contribution is 0.253. The Morgan fingerprint density at radius 3 is 2.44 bits per heavy atom. The van der Waals surface area contributed by atoms with Crippen LogP contribution in [0.1, 0.15) is 62.1 Å². The number of unbranched alkanes of at least 4 members (excludes halogenated alkanes) is 2. The van der Waals surface area contributed by atoms with E-state index in [1.165, 1.54) is 19.3 Å². The second-order valence-corrected chi connectivity index (χ2v) is 10.1. The number of thiocarbonyl (C=S) groups is 1. The molecule has 1 aromatic carbocycles. The van der Waals surface area contributed by atoms with Crippen molar-refractivity contribution in [2.24, 2.45) is 5.73 Å². The van der Waals surface area contributed by atoms with Gasteiger partial charge in [0.05, 0.1) is 4.90 Å². The Bertz CT molecular complexity index is 961. The molecule has 0 spiro atoms. The van der Waals surface area contributed by atoms with E-state index in [0.29, 0.717) is 5.56 Å². The monoisotopic (exact) mass is 498 g/mol. The van der Waals surface area contributed by atoms with Crippen LogP contribution in [0.25, 0.3) is 0 Å². The fourth-order valence-corrected chi connectivity index (χ4v) is 5.09. The molecule has 1 aromatic heterocycles. The third-order valence-corrected chi connectivity index (χ3v) is 7.32. The summed E-state index contributed by atoms with van der Waals surface area (Å²) >= 11 is 6.49. The summed E-state index contributed by atoms with van der Waals surface area (Å²) in [5.41, 5.74) is 7.56. The SMILES string of the molecule is CCC(c1ccsc1)c1ccc(C)c(S(=O)(=O)NC(N)=O)c1.CCCCCNC(=S)NC. The van der Waals surface area contributed by atoms with E-state index < -0.39 is 16.1 Å². The molecule has 178 valence electrons. The van der Waals surface area contributed by atoms with Crippen molar-refractivity contribution >= 4 is 44.7 Å². The van der Waals surface area contributed by atoms with Crippen LogP contribution in [0.3, 0.4) is 0 Å². The van der Waals surface area contributed by atoms with Gasteiger partial charge < -0.3 is 16.4 Å². The van der Waals surface area contributed by atoms with Crippen molar-refractivity contribution in [1.82, 2.24) is 15.4 Å². The molecule has 1 heterocycles. The first-order valence-electron chi connectivity index (χ1n) is 10.6. The van der Waals surface area contributed by atoms with Gasteiger partial charge in [0.15, 0.2) is 5.11 Å². The summed E-state index contributed by atoms with van der Waals surface area (Å²) in [5, 5.41) is 10.8. The summed E-state index contributed by atoms with van der Waals surface area (Å²) in [6.45, 7) is 6.92. The average molecular weight is 499 g/mol. The van der Waals surface area contributed by atoms with E-state index in [1.807, 2.05) is 29.3 Å². The fourth-order valence-electron chi connectivity index (χ4n) is 3.11. The van der Waals surface area contributed by atoms with Crippen molar-refractivity contribution in [2.75, 3.05) is 13.6 Å². The number of nitrogens with two attached hydrogens (primary N) is 1. The van der Waals surface area contributed by atoms with Gasteiger partial charge in [-0.2, -0.15) is 11.3 Å². The van der Waals surface area contributed by atoms with Gasteiger partial charge in [-0.1, -0.05) is 38.8 Å². The molecule has 0 saturated carbocycles. The van der Waals surface area contributed by atoms with E-state index in [4.69, 9.17) is 18.0 Å². The molecular weight excluding hydrogens is 464 g/mol. The third kappa shape index (κ3) is 9.13. The van der Waals surface area contributed by atoms with Crippen LogP contribution in [0.5, 0.6) is 0 Å². The Hall–Kier alpha value is -2.17. The number of hydrogen-bond donors (Lipinski definition) is 4. The first-order chi connectivity index (χ1) is 15.2. The van der Waals surface area contributed by atoms with Crippen LogP contribution in [0.2, 0.25) is 0 Å². The second kappa shape index (κ2) is 14.1. The summed E-state index contributed by atoms with van der Waals surface area (Å²) in [7, 11) is -2.12. The molecule has 0 saturated heterocycles. The Morgan fingerprint density at radius 2 is 1.91 bits per heavy atom. The molecule has 1 unspecified atom stereocenters. The third-order valence-electron chi connectivity index (χ3n) is 4.79. The Labute approximate surface area is 201 Å². The lowest BCUT2D eigenvalue weighted by atomic mass is 9.90. The number of rotatable bonds is 9. The highest BCUT2D eigenvalue weighted by molar-refractivity contribution is 7.90. The minimum Gasteiger partial charge on any atom is -0.366 e. The van der Waals surface area contributed by atoms with Crippen LogP contribution in [0, 0.1) is 6.92 Å². The molecule has 5 N–H and O–H groups in total. The quantitative estimate of drug-likeness (QED) is 0.304. The molecule has 7 nitrogen and oxygen atoms in total. The van der Waals surface area contributed by atoms with Crippen molar-refractivity contribution in [1.29, 1.82) is 0 Å². The van der Waals surface area contributed by atoms with Gasteiger partial charge >= 0.3 is 6.03 Å². The lowest BCUT2D eigenvalue weighted by Gasteiger charge is -2.17. The molecule has 2 amide bonds. The van der Waals surface area contributed by atoms with Crippen LogP contribution < -0.4 is 21.1 Å². The number of nitrogens with one attached hydrogen (secondary N) is 3. The number of thiophene rings is 1. The predicted molar refractivity (Wildman–Crippen MR) is 137 cm³/mol. The van der Waals surface area contributed by atoms with Gasteiger partial charge in [-0.25, -0.2) is 17.9 Å². The van der Waals surface area contributed by atoms with Gasteiger partial charge in [-0.05, 0) is 71.6 Å². The zero-order valence-electron chi connectivity index (χ0n) is 19.1. The number of hydrogen-bond acceptors (Lipinski definition) is 5. The smallest absolute Gasteiger partial charge is 0.326 e. The summed E-state index contributed by atoms with van der Waals surface area (Å²) in [4.78, 5) is 11.0. The largest absolute Gasteiger partial charge is 0.366 e. The number of aryl methyl sites for hydroxylation is 1. The maximum absolute atomic E-state index is 12.2. The minimum absolute atomic E-state index is 0.0810. The van der Waals surface area contributed by atoms with Crippen molar-refractivity contribution in [3.05, 3.63) is 51.7 Å². The van der Waals surface area contributed by atoms with Gasteiger partial charge in [0.25, 0.3) is 10.0 Å². The predicted octanol–water partition coefficient (Wildman–Crippen LogP) is 4.23. The average Bonchev–Trinajstić information content (AvgIpc) is 3.26. The summed E-state index contributed by atoms with van der Waals surface area (Å²) < 4.78 is 26.2. The van der Waals surface area contributed by atoms with Crippen molar-refractivity contribution in [3.63, 3.8) is 0 Å². The van der Waals surface area contributed by atoms with E-state index in [-0.39, 0.29) is 10.8 Å². The maximum atomic E-state index is 12.2. The summed E-state index contributed by atoms with van der Waals surface area (Å²) in [6, 6.07) is 6.24. The maximum Gasteiger partial charge on any atom is 0.326 e. The second-order valence-electron chi connectivity index (χ2n) is 7.23. The van der Waals surface area contributed by atoms with E-state index in [2.05, 4.69) is 29.9 Å². The van der Waals surface area contributed by atoms with E-state index in [0.717, 1.165) is 29.2 Å².